The Morgan fingerprint density at radius 2 is 0.725 bits per heavy atom. The van der Waals surface area contributed by atoms with Crippen molar-refractivity contribution in [2.45, 2.75) is 23.7 Å². The molecule has 0 spiro atoms. The highest BCUT2D eigenvalue weighted by atomic mass is 19.4. The Morgan fingerprint density at radius 1 is 0.450 bits per heavy atom. The average molecular weight is 610 g/mol. The van der Waals surface area contributed by atoms with Crippen LogP contribution in [0.15, 0.2) is 13.2 Å². The topological polar surface area (TPSA) is 18.5 Å². The number of hydrogen-bond donors (Lipinski definition) is 0. The van der Waals surface area contributed by atoms with E-state index in [9.17, 15) is 70.2 Å². The Hall–Kier alpha value is -3.60. The minimum absolute atomic E-state index is 0.151. The summed E-state index contributed by atoms with van der Waals surface area (Å²) in [6.07, 6.45) is 0.302. The van der Waals surface area contributed by atoms with Crippen LogP contribution < -0.4 is 9.47 Å². The van der Waals surface area contributed by atoms with E-state index >= 15 is 0 Å². The highest BCUT2D eigenvalue weighted by Gasteiger charge is 2.81. The fourth-order valence-corrected chi connectivity index (χ4v) is 2.84. The van der Waals surface area contributed by atoms with Crippen LogP contribution in [-0.4, -0.2) is 36.9 Å². The Labute approximate surface area is 212 Å². The Morgan fingerprint density at radius 3 is 0.975 bits per heavy atom. The van der Waals surface area contributed by atoms with Gasteiger partial charge in [0.15, 0.2) is 59.6 Å². The second-order valence-corrected chi connectivity index (χ2v) is 7.54. The normalized spacial score (nSPS) is 12.9. The molecule has 0 bridgehead atoms. The highest BCUT2D eigenvalue weighted by molar-refractivity contribution is 5.54. The molecule has 0 aromatic heterocycles. The van der Waals surface area contributed by atoms with Gasteiger partial charge in [0, 0.05) is 0 Å². The summed E-state index contributed by atoms with van der Waals surface area (Å²) < 4.78 is 229. The van der Waals surface area contributed by atoms with Gasteiger partial charge in [-0.25, -0.2) is 26.3 Å². The maximum absolute atomic E-state index is 14.1. The minimum atomic E-state index is -7.24. The molecule has 2 aromatic carbocycles. The summed E-state index contributed by atoms with van der Waals surface area (Å²) in [7, 11) is 0. The number of ether oxygens (including phenoxy) is 2. The third-order valence-electron chi connectivity index (χ3n) is 5.03. The summed E-state index contributed by atoms with van der Waals surface area (Å²) in [5.41, 5.74) is -3.15. The summed E-state index contributed by atoms with van der Waals surface area (Å²) in [5.74, 6) is -52.1. The molecule has 0 aliphatic rings. The number of hydrogen-bond acceptors (Lipinski definition) is 2. The van der Waals surface area contributed by atoms with Gasteiger partial charge < -0.3 is 9.47 Å². The standard InChI is InChI=1S/C22H10F16O2/c1-3-7-9(23)13(27)15(29)17(11(7)25)39-5-19(31,32)21(35,36)22(37,38)20(33,34)6-40-18-12(26)8(4-2)10(24)14(28)16(18)30/h3-4H,1-2,5-6H2. The molecule has 0 saturated heterocycles. The van der Waals surface area contributed by atoms with Gasteiger partial charge in [0.1, 0.15) is 0 Å². The second-order valence-electron chi connectivity index (χ2n) is 7.54. The molecule has 0 aliphatic carbocycles. The molecular formula is C22H10F16O2. The van der Waals surface area contributed by atoms with Crippen LogP contribution in [0.3, 0.4) is 0 Å². The number of benzene rings is 2. The average Bonchev–Trinajstić information content (AvgIpc) is 2.86. The van der Waals surface area contributed by atoms with Crippen molar-refractivity contribution in [3.05, 3.63) is 70.8 Å². The van der Waals surface area contributed by atoms with Gasteiger partial charge >= 0.3 is 23.7 Å². The molecule has 0 atom stereocenters. The van der Waals surface area contributed by atoms with E-state index in [-0.39, 0.29) is 12.2 Å². The molecule has 0 N–H and O–H groups in total. The van der Waals surface area contributed by atoms with Crippen LogP contribution in [0.4, 0.5) is 70.2 Å². The van der Waals surface area contributed by atoms with E-state index in [4.69, 9.17) is 0 Å². The molecule has 2 rings (SSSR count). The largest absolute Gasteiger partial charge is 0.481 e. The van der Waals surface area contributed by atoms with Gasteiger partial charge in [-0.3, -0.25) is 0 Å². The number of rotatable bonds is 11. The van der Waals surface area contributed by atoms with Gasteiger partial charge in [0.25, 0.3) is 0 Å². The van der Waals surface area contributed by atoms with Crippen LogP contribution in [0.25, 0.3) is 12.2 Å². The molecule has 0 fully saturated rings. The van der Waals surface area contributed by atoms with Gasteiger partial charge in [-0.15, -0.1) is 0 Å². The van der Waals surface area contributed by atoms with Crippen LogP contribution in [0.2, 0.25) is 0 Å². The van der Waals surface area contributed by atoms with Crippen molar-refractivity contribution in [1.29, 1.82) is 0 Å². The van der Waals surface area contributed by atoms with Crippen molar-refractivity contribution in [1.82, 2.24) is 0 Å². The van der Waals surface area contributed by atoms with Gasteiger partial charge in [-0.1, -0.05) is 25.3 Å². The SMILES string of the molecule is C=Cc1c(F)c(F)c(F)c(OCC(F)(F)C(F)(F)C(F)(F)C(F)(F)COc2c(F)c(F)c(F)c(C=C)c2F)c1F. The number of halogens is 16. The first-order chi connectivity index (χ1) is 18.1. The molecule has 0 unspecified atom stereocenters. The second kappa shape index (κ2) is 10.8. The fraction of sp³-hybridized carbons (Fsp3) is 0.273. The van der Waals surface area contributed by atoms with Crippen LogP contribution in [0.5, 0.6) is 11.5 Å². The Kier molecular flexibility index (Phi) is 8.77. The molecule has 0 aliphatic heterocycles. The van der Waals surface area contributed by atoms with Crippen molar-refractivity contribution >= 4 is 12.2 Å². The molecule has 2 aromatic rings. The zero-order valence-corrected chi connectivity index (χ0v) is 18.8. The zero-order valence-electron chi connectivity index (χ0n) is 18.8. The first-order valence-corrected chi connectivity index (χ1v) is 9.86. The molecular weight excluding hydrogens is 600 g/mol. The van der Waals surface area contributed by atoms with E-state index in [1.165, 1.54) is 0 Å². The summed E-state index contributed by atoms with van der Waals surface area (Å²) in [4.78, 5) is 0. The van der Waals surface area contributed by atoms with E-state index < -0.39 is 106 Å². The third-order valence-corrected chi connectivity index (χ3v) is 5.03. The Balaban J connectivity index is 2.40. The lowest BCUT2D eigenvalue weighted by Gasteiger charge is -2.36. The molecule has 18 heteroatoms. The van der Waals surface area contributed by atoms with Crippen LogP contribution >= 0.6 is 0 Å². The third kappa shape index (κ3) is 5.02. The maximum Gasteiger partial charge on any atom is 0.381 e. The van der Waals surface area contributed by atoms with Gasteiger partial charge in [0.2, 0.25) is 11.6 Å². The van der Waals surface area contributed by atoms with E-state index in [1.807, 2.05) is 0 Å². The minimum Gasteiger partial charge on any atom is -0.481 e. The van der Waals surface area contributed by atoms with Crippen LogP contribution in [-0.2, 0) is 0 Å². The van der Waals surface area contributed by atoms with Crippen molar-refractivity contribution in [3.63, 3.8) is 0 Å². The van der Waals surface area contributed by atoms with Crippen LogP contribution in [0, 0.1) is 46.5 Å². The van der Waals surface area contributed by atoms with Crippen molar-refractivity contribution in [3.8, 4) is 11.5 Å². The molecule has 0 saturated carbocycles. The fourth-order valence-electron chi connectivity index (χ4n) is 2.84. The summed E-state index contributed by atoms with van der Waals surface area (Å²) in [5, 5.41) is 0. The summed E-state index contributed by atoms with van der Waals surface area (Å²) in [6.45, 7) is -0.981. The predicted molar refractivity (Wildman–Crippen MR) is 104 cm³/mol. The molecule has 2 nitrogen and oxygen atoms in total. The first-order valence-electron chi connectivity index (χ1n) is 9.86. The van der Waals surface area contributed by atoms with Gasteiger partial charge in [0.05, 0.1) is 11.1 Å². The summed E-state index contributed by atoms with van der Waals surface area (Å²) in [6, 6.07) is 0. The monoisotopic (exact) mass is 610 g/mol. The molecule has 0 heterocycles. The van der Waals surface area contributed by atoms with E-state index in [1.54, 1.807) is 0 Å². The van der Waals surface area contributed by atoms with Crippen molar-refractivity contribution in [2.75, 3.05) is 13.2 Å². The lowest BCUT2D eigenvalue weighted by atomic mass is 9.99. The van der Waals surface area contributed by atoms with Gasteiger partial charge in [-0.2, -0.15) is 43.9 Å². The smallest absolute Gasteiger partial charge is 0.381 e. The molecule has 222 valence electrons. The van der Waals surface area contributed by atoms with Gasteiger partial charge in [-0.05, 0) is 0 Å². The van der Waals surface area contributed by atoms with Crippen LogP contribution in [0.1, 0.15) is 11.1 Å². The highest BCUT2D eigenvalue weighted by Crippen LogP contribution is 2.53. The zero-order chi connectivity index (χ0) is 31.2. The molecule has 0 amide bonds. The number of alkyl halides is 8. The van der Waals surface area contributed by atoms with E-state index in [0.29, 0.717) is 0 Å². The first kappa shape index (κ1) is 32.6. The summed E-state index contributed by atoms with van der Waals surface area (Å²) >= 11 is 0. The maximum atomic E-state index is 14.1. The quantitative estimate of drug-likeness (QED) is 0.146. The van der Waals surface area contributed by atoms with E-state index in [0.717, 1.165) is 0 Å². The molecule has 40 heavy (non-hydrogen) atoms. The lowest BCUT2D eigenvalue weighted by molar-refractivity contribution is -0.372. The lowest BCUT2D eigenvalue weighted by Crippen LogP contribution is -2.65. The molecule has 0 radical (unpaired) electrons. The van der Waals surface area contributed by atoms with Crippen molar-refractivity contribution < 1.29 is 79.7 Å². The van der Waals surface area contributed by atoms with Crippen molar-refractivity contribution in [2.24, 2.45) is 0 Å². The Bertz CT molecular complexity index is 1230. The van der Waals surface area contributed by atoms with E-state index in [2.05, 4.69) is 22.6 Å². The predicted octanol–water partition coefficient (Wildman–Crippen LogP) is 8.08.